The number of rotatable bonds is 2. The molecule has 1 heterocycles. The molecule has 1 saturated carbocycles. The van der Waals surface area contributed by atoms with Gasteiger partial charge in [-0.15, -0.1) is 0 Å². The van der Waals surface area contributed by atoms with Crippen LogP contribution >= 0.6 is 0 Å². The molecule has 19 heavy (non-hydrogen) atoms. The van der Waals surface area contributed by atoms with E-state index in [1.165, 1.54) is 6.42 Å². The molecule has 0 atom stereocenters. The quantitative estimate of drug-likeness (QED) is 0.894. The van der Waals surface area contributed by atoms with E-state index in [-0.39, 0.29) is 0 Å². The van der Waals surface area contributed by atoms with Crippen LogP contribution in [0.25, 0.3) is 11.3 Å². The summed E-state index contributed by atoms with van der Waals surface area (Å²) >= 11 is 0. The van der Waals surface area contributed by atoms with Gasteiger partial charge in [0.2, 0.25) is 0 Å². The Balaban J connectivity index is 1.87. The zero-order valence-corrected chi connectivity index (χ0v) is 10.9. The summed E-state index contributed by atoms with van der Waals surface area (Å²) in [4.78, 5) is 0. The van der Waals surface area contributed by atoms with E-state index in [1.54, 1.807) is 0 Å². The second-order valence-electron chi connectivity index (χ2n) is 5.26. The Morgan fingerprint density at radius 3 is 2.21 bits per heavy atom. The minimum absolute atomic E-state index is 0.715. The molecule has 0 spiro atoms. The van der Waals surface area contributed by atoms with Crippen molar-refractivity contribution in [3.63, 3.8) is 0 Å². The molecule has 1 aliphatic rings. The van der Waals surface area contributed by atoms with Gasteiger partial charge in [-0.1, -0.05) is 49.6 Å². The van der Waals surface area contributed by atoms with E-state index in [4.69, 9.17) is 0 Å². The highest BCUT2D eigenvalue weighted by molar-refractivity contribution is 5.58. The van der Waals surface area contributed by atoms with Crippen LogP contribution < -0.4 is 0 Å². The van der Waals surface area contributed by atoms with Crippen molar-refractivity contribution in [2.75, 3.05) is 0 Å². The Kier molecular flexibility index (Phi) is 3.30. The monoisotopic (exact) mass is 254 g/mol. The van der Waals surface area contributed by atoms with Crippen LogP contribution in [0.3, 0.4) is 0 Å². The second-order valence-corrected chi connectivity index (χ2v) is 5.26. The van der Waals surface area contributed by atoms with E-state index in [1.807, 2.05) is 42.5 Å². The van der Waals surface area contributed by atoms with E-state index in [9.17, 15) is 5.11 Å². The van der Waals surface area contributed by atoms with Crippen molar-refractivity contribution in [1.82, 2.24) is 10.2 Å². The Hall–Kier alpha value is -1.74. The fraction of sp³-hybridized carbons (Fsp3) is 0.375. The lowest BCUT2D eigenvalue weighted by atomic mass is 9.82. The van der Waals surface area contributed by atoms with Crippen LogP contribution in [0.2, 0.25) is 0 Å². The largest absolute Gasteiger partial charge is 0.383 e. The van der Waals surface area contributed by atoms with Gasteiger partial charge < -0.3 is 5.11 Å². The van der Waals surface area contributed by atoms with Crippen LogP contribution in [0.4, 0.5) is 0 Å². The molecule has 0 bridgehead atoms. The molecule has 3 rings (SSSR count). The van der Waals surface area contributed by atoms with Crippen LogP contribution in [0, 0.1) is 0 Å². The molecule has 3 heteroatoms. The summed E-state index contributed by atoms with van der Waals surface area (Å²) in [7, 11) is 0. The van der Waals surface area contributed by atoms with Gasteiger partial charge in [0.15, 0.2) is 0 Å². The molecule has 2 aromatic rings. The van der Waals surface area contributed by atoms with Gasteiger partial charge >= 0.3 is 0 Å². The third-order valence-electron chi connectivity index (χ3n) is 3.89. The van der Waals surface area contributed by atoms with Gasteiger partial charge in [-0.3, -0.25) is 0 Å². The first-order chi connectivity index (χ1) is 9.28. The lowest BCUT2D eigenvalue weighted by molar-refractivity contribution is -0.00538. The van der Waals surface area contributed by atoms with Gasteiger partial charge in [-0.25, -0.2) is 0 Å². The van der Waals surface area contributed by atoms with Gasteiger partial charge in [-0.05, 0) is 25.0 Å². The zero-order valence-electron chi connectivity index (χ0n) is 10.9. The lowest BCUT2D eigenvalue weighted by Gasteiger charge is -2.30. The molecule has 3 nitrogen and oxygen atoms in total. The summed E-state index contributed by atoms with van der Waals surface area (Å²) in [6.45, 7) is 0. The minimum atomic E-state index is -0.763. The Bertz CT molecular complexity index is 530. The van der Waals surface area contributed by atoms with Crippen LogP contribution in [-0.4, -0.2) is 15.3 Å². The number of nitrogens with zero attached hydrogens (tertiary/aromatic N) is 2. The van der Waals surface area contributed by atoms with Crippen molar-refractivity contribution >= 4 is 0 Å². The minimum Gasteiger partial charge on any atom is -0.383 e. The van der Waals surface area contributed by atoms with Crippen LogP contribution in [0.15, 0.2) is 42.5 Å². The molecule has 0 aliphatic heterocycles. The van der Waals surface area contributed by atoms with Gasteiger partial charge in [0, 0.05) is 5.56 Å². The smallest absolute Gasteiger partial charge is 0.108 e. The number of aromatic nitrogens is 2. The Morgan fingerprint density at radius 1 is 0.842 bits per heavy atom. The van der Waals surface area contributed by atoms with Crippen LogP contribution in [0.1, 0.15) is 37.8 Å². The highest BCUT2D eigenvalue weighted by Gasteiger charge is 2.32. The van der Waals surface area contributed by atoms with Crippen molar-refractivity contribution in [3.05, 3.63) is 48.2 Å². The average molecular weight is 254 g/mol. The summed E-state index contributed by atoms with van der Waals surface area (Å²) in [5.74, 6) is 0. The molecule has 1 fully saturated rings. The first-order valence-electron chi connectivity index (χ1n) is 6.90. The topological polar surface area (TPSA) is 46.0 Å². The summed E-state index contributed by atoms with van der Waals surface area (Å²) in [6.07, 6.45) is 4.94. The van der Waals surface area contributed by atoms with Gasteiger partial charge in [0.05, 0.1) is 11.4 Å². The fourth-order valence-corrected chi connectivity index (χ4v) is 2.74. The maximum absolute atomic E-state index is 10.6. The normalized spacial score (nSPS) is 18.2. The molecule has 98 valence electrons. The third kappa shape index (κ3) is 2.51. The maximum Gasteiger partial charge on any atom is 0.108 e. The third-order valence-corrected chi connectivity index (χ3v) is 3.89. The molecule has 1 aromatic heterocycles. The maximum atomic E-state index is 10.6. The molecule has 1 N–H and O–H groups in total. The van der Waals surface area contributed by atoms with E-state index in [0.29, 0.717) is 5.69 Å². The van der Waals surface area contributed by atoms with E-state index in [0.717, 1.165) is 36.9 Å². The van der Waals surface area contributed by atoms with Gasteiger partial charge in [0.25, 0.3) is 0 Å². The highest BCUT2D eigenvalue weighted by atomic mass is 16.3. The SMILES string of the molecule is OC1(c2ccc(-c3ccccc3)nn2)CCCCC1. The van der Waals surface area contributed by atoms with Crippen molar-refractivity contribution < 1.29 is 5.11 Å². The number of hydrogen-bond acceptors (Lipinski definition) is 3. The molecular formula is C16H18N2O. The molecular weight excluding hydrogens is 236 g/mol. The van der Waals surface area contributed by atoms with Crippen LogP contribution in [-0.2, 0) is 5.60 Å². The summed E-state index contributed by atoms with van der Waals surface area (Å²) in [5, 5.41) is 19.1. The predicted octanol–water partition coefficient (Wildman–Crippen LogP) is 3.30. The second kappa shape index (κ2) is 5.10. The molecule has 0 radical (unpaired) electrons. The van der Waals surface area contributed by atoms with E-state index in [2.05, 4.69) is 10.2 Å². The van der Waals surface area contributed by atoms with Crippen molar-refractivity contribution in [1.29, 1.82) is 0 Å². The number of hydrogen-bond donors (Lipinski definition) is 1. The Labute approximate surface area is 113 Å². The molecule has 0 unspecified atom stereocenters. The first kappa shape index (κ1) is 12.3. The number of aliphatic hydroxyl groups is 1. The number of benzene rings is 1. The summed E-state index contributed by atoms with van der Waals surface area (Å²) in [6, 6.07) is 13.8. The van der Waals surface area contributed by atoms with Crippen molar-refractivity contribution in [3.8, 4) is 11.3 Å². The highest BCUT2D eigenvalue weighted by Crippen LogP contribution is 2.35. The van der Waals surface area contributed by atoms with E-state index >= 15 is 0 Å². The standard InChI is InChI=1S/C16H18N2O/c19-16(11-5-2-6-12-16)15-10-9-14(17-18-15)13-7-3-1-4-8-13/h1,3-4,7-10,19H,2,5-6,11-12H2. The average Bonchev–Trinajstić information content (AvgIpc) is 2.49. The lowest BCUT2D eigenvalue weighted by Crippen LogP contribution is -2.29. The van der Waals surface area contributed by atoms with Crippen LogP contribution in [0.5, 0.6) is 0 Å². The predicted molar refractivity (Wildman–Crippen MR) is 74.4 cm³/mol. The van der Waals surface area contributed by atoms with E-state index < -0.39 is 5.60 Å². The first-order valence-corrected chi connectivity index (χ1v) is 6.90. The molecule has 0 saturated heterocycles. The van der Waals surface area contributed by atoms with Crippen molar-refractivity contribution in [2.24, 2.45) is 0 Å². The van der Waals surface area contributed by atoms with Crippen molar-refractivity contribution in [2.45, 2.75) is 37.7 Å². The summed E-state index contributed by atoms with van der Waals surface area (Å²) < 4.78 is 0. The summed E-state index contributed by atoms with van der Waals surface area (Å²) in [5.41, 5.74) is 1.85. The fourth-order valence-electron chi connectivity index (χ4n) is 2.74. The zero-order chi connectivity index (χ0) is 13.1. The van der Waals surface area contributed by atoms with Gasteiger partial charge in [-0.2, -0.15) is 10.2 Å². The molecule has 0 amide bonds. The molecule has 1 aromatic carbocycles. The Morgan fingerprint density at radius 2 is 1.58 bits per heavy atom. The van der Waals surface area contributed by atoms with Gasteiger partial charge in [0.1, 0.15) is 5.60 Å². The molecule has 1 aliphatic carbocycles.